The van der Waals surface area contributed by atoms with Crippen LogP contribution in [0.2, 0.25) is 0 Å². The zero-order chi connectivity index (χ0) is 17.8. The van der Waals surface area contributed by atoms with Crippen molar-refractivity contribution in [2.45, 2.75) is 31.9 Å². The third kappa shape index (κ3) is 4.16. The predicted molar refractivity (Wildman–Crippen MR) is 93.0 cm³/mol. The van der Waals surface area contributed by atoms with Gasteiger partial charge < -0.3 is 14.9 Å². The minimum Gasteiger partial charge on any atom is -0.391 e. The molecule has 1 N–H and O–H groups in total. The van der Waals surface area contributed by atoms with Gasteiger partial charge in [-0.25, -0.2) is 0 Å². The number of rotatable bonds is 2. The molecule has 2 aliphatic rings. The lowest BCUT2D eigenvalue weighted by Gasteiger charge is -2.40. The molecule has 0 bridgehead atoms. The molecule has 0 saturated carbocycles. The van der Waals surface area contributed by atoms with Crippen LogP contribution >= 0.6 is 0 Å². The van der Waals surface area contributed by atoms with Crippen LogP contribution in [0, 0.1) is 0 Å². The number of amides is 2. The number of hydrogen-bond donors (Lipinski definition) is 1. The summed E-state index contributed by atoms with van der Waals surface area (Å²) in [6.07, 6.45) is 4.13. The topological polar surface area (TPSA) is 77.0 Å². The number of pyridine rings is 1. The Hall–Kier alpha value is -1.99. The van der Waals surface area contributed by atoms with Crippen LogP contribution < -0.4 is 0 Å². The zero-order valence-electron chi connectivity index (χ0n) is 14.7. The Morgan fingerprint density at radius 2 is 1.64 bits per heavy atom. The standard InChI is InChI=1S/C18H26N4O3/c1-14(23)20-10-12-21(13-11-20)16-4-8-22(9-5-17(16)24)18(25)15-2-6-19-7-3-15/h2-3,6-7,16-17,24H,4-5,8-13H2,1H3/t16-,17-/m0/s1. The SMILES string of the molecule is CC(=O)N1CCN([C@H]2CCN(C(=O)c3ccncc3)CC[C@@H]2O)CC1. The van der Waals surface area contributed by atoms with E-state index in [0.717, 1.165) is 19.5 Å². The second kappa shape index (κ2) is 7.93. The highest BCUT2D eigenvalue weighted by molar-refractivity contribution is 5.94. The molecular formula is C18H26N4O3. The summed E-state index contributed by atoms with van der Waals surface area (Å²) >= 11 is 0. The minimum absolute atomic E-state index is 0.00310. The Labute approximate surface area is 148 Å². The van der Waals surface area contributed by atoms with E-state index in [2.05, 4.69) is 9.88 Å². The molecule has 2 atom stereocenters. The van der Waals surface area contributed by atoms with Crippen molar-refractivity contribution in [1.82, 2.24) is 19.7 Å². The Morgan fingerprint density at radius 3 is 2.28 bits per heavy atom. The van der Waals surface area contributed by atoms with Crippen LogP contribution in [0.15, 0.2) is 24.5 Å². The van der Waals surface area contributed by atoms with Crippen molar-refractivity contribution in [1.29, 1.82) is 0 Å². The van der Waals surface area contributed by atoms with Crippen LogP contribution in [0.5, 0.6) is 0 Å². The fourth-order valence-electron chi connectivity index (χ4n) is 3.75. The third-order valence-electron chi connectivity index (χ3n) is 5.28. The predicted octanol–water partition coefficient (Wildman–Crippen LogP) is 0.211. The van der Waals surface area contributed by atoms with Crippen molar-refractivity contribution < 1.29 is 14.7 Å². The average Bonchev–Trinajstić information content (AvgIpc) is 2.84. The van der Waals surface area contributed by atoms with Gasteiger partial charge in [0, 0.05) is 70.2 Å². The van der Waals surface area contributed by atoms with Gasteiger partial charge in [0.05, 0.1) is 6.10 Å². The zero-order valence-corrected chi connectivity index (χ0v) is 14.7. The van der Waals surface area contributed by atoms with Crippen molar-refractivity contribution >= 4 is 11.8 Å². The number of likely N-dealkylation sites (tertiary alicyclic amines) is 1. The monoisotopic (exact) mass is 346 g/mol. The van der Waals surface area contributed by atoms with Crippen molar-refractivity contribution in [3.8, 4) is 0 Å². The molecule has 136 valence electrons. The highest BCUT2D eigenvalue weighted by atomic mass is 16.3. The van der Waals surface area contributed by atoms with Gasteiger partial charge in [-0.1, -0.05) is 0 Å². The molecule has 7 nitrogen and oxygen atoms in total. The van der Waals surface area contributed by atoms with Gasteiger partial charge in [0.15, 0.2) is 0 Å². The van der Waals surface area contributed by atoms with Gasteiger partial charge in [0.1, 0.15) is 0 Å². The molecule has 0 radical (unpaired) electrons. The molecule has 7 heteroatoms. The second-order valence-electron chi connectivity index (χ2n) is 6.78. The van der Waals surface area contributed by atoms with Crippen molar-refractivity contribution in [2.75, 3.05) is 39.3 Å². The molecule has 1 aromatic heterocycles. The Bertz CT molecular complexity index is 602. The number of carbonyl (C=O) groups excluding carboxylic acids is 2. The number of aliphatic hydroxyl groups is 1. The first-order chi connectivity index (χ1) is 12.1. The number of nitrogens with zero attached hydrogens (tertiary/aromatic N) is 4. The summed E-state index contributed by atoms with van der Waals surface area (Å²) in [6.45, 7) is 5.76. The molecule has 0 aliphatic carbocycles. The summed E-state index contributed by atoms with van der Waals surface area (Å²) in [5.41, 5.74) is 0.637. The lowest BCUT2D eigenvalue weighted by atomic mass is 10.0. The molecule has 1 aromatic rings. The normalized spacial score (nSPS) is 25.5. The Morgan fingerprint density at radius 1 is 1.00 bits per heavy atom. The van der Waals surface area contributed by atoms with Gasteiger partial charge in [-0.2, -0.15) is 0 Å². The smallest absolute Gasteiger partial charge is 0.253 e. The van der Waals surface area contributed by atoms with E-state index in [1.807, 2.05) is 9.80 Å². The highest BCUT2D eigenvalue weighted by Crippen LogP contribution is 2.20. The molecule has 25 heavy (non-hydrogen) atoms. The quantitative estimate of drug-likeness (QED) is 0.828. The molecule has 3 rings (SSSR count). The van der Waals surface area contributed by atoms with Gasteiger partial charge in [0.2, 0.25) is 5.91 Å². The number of aliphatic hydroxyl groups excluding tert-OH is 1. The van der Waals surface area contributed by atoms with E-state index >= 15 is 0 Å². The average molecular weight is 346 g/mol. The fraction of sp³-hybridized carbons (Fsp3) is 0.611. The fourth-order valence-corrected chi connectivity index (χ4v) is 3.75. The molecular weight excluding hydrogens is 320 g/mol. The molecule has 2 saturated heterocycles. The van der Waals surface area contributed by atoms with E-state index in [4.69, 9.17) is 0 Å². The van der Waals surface area contributed by atoms with E-state index in [1.165, 1.54) is 0 Å². The Kier molecular flexibility index (Phi) is 5.65. The number of carbonyl (C=O) groups is 2. The van der Waals surface area contributed by atoms with Gasteiger partial charge in [0.25, 0.3) is 5.91 Å². The summed E-state index contributed by atoms with van der Waals surface area (Å²) in [7, 11) is 0. The van der Waals surface area contributed by atoms with Gasteiger partial charge in [-0.05, 0) is 25.0 Å². The third-order valence-corrected chi connectivity index (χ3v) is 5.28. The number of piperazine rings is 1. The van der Waals surface area contributed by atoms with E-state index < -0.39 is 6.10 Å². The molecule has 0 spiro atoms. The van der Waals surface area contributed by atoms with Crippen LogP contribution in [-0.2, 0) is 4.79 Å². The maximum absolute atomic E-state index is 12.6. The summed E-state index contributed by atoms with van der Waals surface area (Å²) in [5.74, 6) is 0.104. The van der Waals surface area contributed by atoms with Gasteiger partial charge >= 0.3 is 0 Å². The lowest BCUT2D eigenvalue weighted by molar-refractivity contribution is -0.131. The van der Waals surface area contributed by atoms with Crippen LogP contribution in [-0.4, -0.2) is 88.0 Å². The molecule has 0 aromatic carbocycles. The van der Waals surface area contributed by atoms with E-state index in [1.54, 1.807) is 31.5 Å². The Balaban J connectivity index is 1.60. The van der Waals surface area contributed by atoms with E-state index in [0.29, 0.717) is 38.2 Å². The number of aromatic nitrogens is 1. The minimum atomic E-state index is -0.445. The van der Waals surface area contributed by atoms with Crippen LogP contribution in [0.4, 0.5) is 0 Å². The first kappa shape index (κ1) is 17.8. The molecule has 2 aliphatic heterocycles. The van der Waals surface area contributed by atoms with Crippen molar-refractivity contribution in [3.05, 3.63) is 30.1 Å². The highest BCUT2D eigenvalue weighted by Gasteiger charge is 2.33. The lowest BCUT2D eigenvalue weighted by Crippen LogP contribution is -2.54. The number of hydrogen-bond acceptors (Lipinski definition) is 5. The molecule has 0 unspecified atom stereocenters. The van der Waals surface area contributed by atoms with E-state index in [9.17, 15) is 14.7 Å². The van der Waals surface area contributed by atoms with Crippen LogP contribution in [0.25, 0.3) is 0 Å². The first-order valence-corrected chi connectivity index (χ1v) is 8.93. The van der Waals surface area contributed by atoms with E-state index in [-0.39, 0.29) is 17.9 Å². The van der Waals surface area contributed by atoms with Crippen LogP contribution in [0.1, 0.15) is 30.1 Å². The largest absolute Gasteiger partial charge is 0.391 e. The molecule has 2 amide bonds. The maximum Gasteiger partial charge on any atom is 0.253 e. The molecule has 3 heterocycles. The molecule has 2 fully saturated rings. The maximum atomic E-state index is 12.6. The van der Waals surface area contributed by atoms with Crippen molar-refractivity contribution in [2.24, 2.45) is 0 Å². The van der Waals surface area contributed by atoms with Gasteiger partial charge in [-0.3, -0.25) is 19.5 Å². The first-order valence-electron chi connectivity index (χ1n) is 8.93. The van der Waals surface area contributed by atoms with Crippen molar-refractivity contribution in [3.63, 3.8) is 0 Å². The summed E-state index contributed by atoms with van der Waals surface area (Å²) in [6, 6.07) is 3.49. The van der Waals surface area contributed by atoms with Crippen LogP contribution in [0.3, 0.4) is 0 Å². The second-order valence-corrected chi connectivity index (χ2v) is 6.78. The summed E-state index contributed by atoms with van der Waals surface area (Å²) < 4.78 is 0. The summed E-state index contributed by atoms with van der Waals surface area (Å²) in [5, 5.41) is 10.6. The summed E-state index contributed by atoms with van der Waals surface area (Å²) in [4.78, 5) is 34.0. The van der Waals surface area contributed by atoms with Gasteiger partial charge in [-0.15, -0.1) is 0 Å².